The third-order valence-corrected chi connectivity index (χ3v) is 6.36. The molecule has 110 valence electrons. The van der Waals surface area contributed by atoms with E-state index in [1.165, 1.54) is 57.9 Å². The minimum Gasteiger partial charge on any atom is -0.314 e. The summed E-state index contributed by atoms with van der Waals surface area (Å²) in [5, 5.41) is 7.82. The zero-order valence-electron chi connectivity index (χ0n) is 12.8. The van der Waals surface area contributed by atoms with Gasteiger partial charge in [0.05, 0.1) is 0 Å². The third kappa shape index (κ3) is 2.85. The first-order chi connectivity index (χ1) is 9.29. The van der Waals surface area contributed by atoms with Crippen LogP contribution in [-0.4, -0.2) is 24.7 Å². The van der Waals surface area contributed by atoms with Gasteiger partial charge in [-0.15, -0.1) is 0 Å². The normalized spacial score (nSPS) is 47.1. The number of hydrogen-bond acceptors (Lipinski definition) is 2. The molecular formula is C17H32N2. The molecule has 0 amide bonds. The molecular weight excluding hydrogens is 232 g/mol. The van der Waals surface area contributed by atoms with Crippen LogP contribution in [-0.2, 0) is 0 Å². The number of rotatable bonds is 4. The summed E-state index contributed by atoms with van der Waals surface area (Å²) in [6, 6.07) is 2.43. The molecule has 2 aliphatic carbocycles. The van der Waals surface area contributed by atoms with E-state index >= 15 is 0 Å². The average Bonchev–Trinajstić information content (AvgIpc) is 3.12. The van der Waals surface area contributed by atoms with E-state index in [0.717, 1.165) is 35.9 Å². The Hall–Kier alpha value is -0.0800. The van der Waals surface area contributed by atoms with Crippen LogP contribution in [0.2, 0.25) is 0 Å². The molecule has 6 unspecified atom stereocenters. The minimum absolute atomic E-state index is 0.803. The second-order valence-electron chi connectivity index (χ2n) is 7.28. The largest absolute Gasteiger partial charge is 0.314 e. The molecule has 3 fully saturated rings. The van der Waals surface area contributed by atoms with Gasteiger partial charge in [-0.3, -0.25) is 0 Å². The van der Waals surface area contributed by atoms with Crippen LogP contribution in [0.5, 0.6) is 0 Å². The first kappa shape index (κ1) is 13.9. The highest BCUT2D eigenvalue weighted by Crippen LogP contribution is 2.37. The lowest BCUT2D eigenvalue weighted by atomic mass is 9.90. The van der Waals surface area contributed by atoms with Crippen molar-refractivity contribution in [1.82, 2.24) is 10.6 Å². The van der Waals surface area contributed by atoms with Gasteiger partial charge >= 0.3 is 0 Å². The lowest BCUT2D eigenvalue weighted by Crippen LogP contribution is -2.47. The molecule has 6 atom stereocenters. The van der Waals surface area contributed by atoms with Crippen LogP contribution in [0, 0.1) is 17.8 Å². The molecule has 3 aliphatic rings. The van der Waals surface area contributed by atoms with Gasteiger partial charge in [-0.25, -0.2) is 0 Å². The van der Waals surface area contributed by atoms with E-state index in [1.54, 1.807) is 0 Å². The fourth-order valence-corrected chi connectivity index (χ4v) is 5.09. The Morgan fingerprint density at radius 1 is 1.00 bits per heavy atom. The Balaban J connectivity index is 1.56. The SMILES string of the molecule is CCC1CCC(NC2CCCC2C2CCCN2)C1C. The van der Waals surface area contributed by atoms with Crippen molar-refractivity contribution in [3.05, 3.63) is 0 Å². The van der Waals surface area contributed by atoms with Crippen molar-refractivity contribution in [2.45, 2.75) is 83.3 Å². The molecule has 0 spiro atoms. The van der Waals surface area contributed by atoms with Crippen LogP contribution in [0.3, 0.4) is 0 Å². The summed E-state index contributed by atoms with van der Waals surface area (Å²) in [6.45, 7) is 6.10. The Labute approximate surface area is 119 Å². The highest BCUT2D eigenvalue weighted by molar-refractivity contribution is 4.96. The van der Waals surface area contributed by atoms with Crippen LogP contribution >= 0.6 is 0 Å². The summed E-state index contributed by atoms with van der Waals surface area (Å²) >= 11 is 0. The monoisotopic (exact) mass is 264 g/mol. The summed E-state index contributed by atoms with van der Waals surface area (Å²) in [7, 11) is 0. The van der Waals surface area contributed by atoms with Crippen molar-refractivity contribution in [2.75, 3.05) is 6.54 Å². The van der Waals surface area contributed by atoms with Crippen molar-refractivity contribution in [2.24, 2.45) is 17.8 Å². The second kappa shape index (κ2) is 6.13. The molecule has 3 rings (SSSR count). The zero-order valence-corrected chi connectivity index (χ0v) is 12.8. The quantitative estimate of drug-likeness (QED) is 0.814. The molecule has 0 bridgehead atoms. The van der Waals surface area contributed by atoms with E-state index in [1.807, 2.05) is 0 Å². The van der Waals surface area contributed by atoms with E-state index in [2.05, 4.69) is 24.5 Å². The minimum atomic E-state index is 0.803. The van der Waals surface area contributed by atoms with Gasteiger partial charge in [-0.2, -0.15) is 0 Å². The highest BCUT2D eigenvalue weighted by Gasteiger charge is 2.39. The predicted molar refractivity (Wildman–Crippen MR) is 81.3 cm³/mol. The Bertz CT molecular complexity index is 285. The summed E-state index contributed by atoms with van der Waals surface area (Å²) in [6.07, 6.45) is 11.4. The van der Waals surface area contributed by atoms with Gasteiger partial charge in [0.25, 0.3) is 0 Å². The molecule has 2 nitrogen and oxygen atoms in total. The van der Waals surface area contributed by atoms with Gasteiger partial charge in [-0.1, -0.05) is 26.7 Å². The molecule has 0 aromatic heterocycles. The van der Waals surface area contributed by atoms with E-state index < -0.39 is 0 Å². The fourth-order valence-electron chi connectivity index (χ4n) is 5.09. The Morgan fingerprint density at radius 3 is 2.58 bits per heavy atom. The van der Waals surface area contributed by atoms with Gasteiger partial charge < -0.3 is 10.6 Å². The molecule has 0 aromatic rings. The van der Waals surface area contributed by atoms with Gasteiger partial charge in [-0.05, 0) is 62.8 Å². The number of hydrogen-bond donors (Lipinski definition) is 2. The van der Waals surface area contributed by atoms with Gasteiger partial charge in [0.1, 0.15) is 0 Å². The lowest BCUT2D eigenvalue weighted by molar-refractivity contribution is 0.263. The van der Waals surface area contributed by atoms with E-state index in [0.29, 0.717) is 0 Å². The molecule has 1 aliphatic heterocycles. The maximum absolute atomic E-state index is 4.08. The maximum Gasteiger partial charge on any atom is 0.0113 e. The van der Waals surface area contributed by atoms with Crippen molar-refractivity contribution >= 4 is 0 Å². The first-order valence-corrected chi connectivity index (χ1v) is 8.79. The molecule has 0 radical (unpaired) electrons. The first-order valence-electron chi connectivity index (χ1n) is 8.79. The van der Waals surface area contributed by atoms with Crippen LogP contribution in [0.4, 0.5) is 0 Å². The van der Waals surface area contributed by atoms with Crippen molar-refractivity contribution in [1.29, 1.82) is 0 Å². The molecule has 19 heavy (non-hydrogen) atoms. The topological polar surface area (TPSA) is 24.1 Å². The zero-order chi connectivity index (χ0) is 13.2. The third-order valence-electron chi connectivity index (χ3n) is 6.36. The van der Waals surface area contributed by atoms with Crippen LogP contribution in [0.25, 0.3) is 0 Å². The molecule has 1 heterocycles. The summed E-state index contributed by atoms with van der Waals surface area (Å²) < 4.78 is 0. The summed E-state index contributed by atoms with van der Waals surface area (Å²) in [5.41, 5.74) is 0. The Kier molecular flexibility index (Phi) is 4.48. The van der Waals surface area contributed by atoms with Crippen molar-refractivity contribution in [3.8, 4) is 0 Å². The smallest absolute Gasteiger partial charge is 0.0113 e. The molecule has 0 aromatic carbocycles. The maximum atomic E-state index is 4.08. The van der Waals surface area contributed by atoms with Gasteiger partial charge in [0.15, 0.2) is 0 Å². The van der Waals surface area contributed by atoms with Crippen molar-refractivity contribution in [3.63, 3.8) is 0 Å². The molecule has 2 heteroatoms. The summed E-state index contributed by atoms with van der Waals surface area (Å²) in [4.78, 5) is 0. The van der Waals surface area contributed by atoms with Crippen molar-refractivity contribution < 1.29 is 0 Å². The standard InChI is InChI=1S/C17H32N2/c1-3-13-9-10-15(12(13)2)19-17-7-4-6-14(17)16-8-5-11-18-16/h12-19H,3-11H2,1-2H3. The van der Waals surface area contributed by atoms with Crippen LogP contribution < -0.4 is 10.6 Å². The highest BCUT2D eigenvalue weighted by atomic mass is 15.0. The lowest BCUT2D eigenvalue weighted by Gasteiger charge is -2.31. The molecule has 2 saturated carbocycles. The van der Waals surface area contributed by atoms with Gasteiger partial charge in [0, 0.05) is 18.1 Å². The van der Waals surface area contributed by atoms with Crippen LogP contribution in [0.15, 0.2) is 0 Å². The van der Waals surface area contributed by atoms with E-state index in [9.17, 15) is 0 Å². The van der Waals surface area contributed by atoms with E-state index in [4.69, 9.17) is 0 Å². The summed E-state index contributed by atoms with van der Waals surface area (Å²) in [5.74, 6) is 2.78. The van der Waals surface area contributed by atoms with Gasteiger partial charge in [0.2, 0.25) is 0 Å². The second-order valence-corrected chi connectivity index (χ2v) is 7.28. The van der Waals surface area contributed by atoms with E-state index in [-0.39, 0.29) is 0 Å². The predicted octanol–water partition coefficient (Wildman–Crippen LogP) is 3.32. The number of nitrogens with one attached hydrogen (secondary N) is 2. The fraction of sp³-hybridized carbons (Fsp3) is 1.00. The molecule has 1 saturated heterocycles. The average molecular weight is 264 g/mol. The van der Waals surface area contributed by atoms with Crippen LogP contribution in [0.1, 0.15) is 65.2 Å². The Morgan fingerprint density at radius 2 is 1.89 bits per heavy atom. The molecule has 2 N–H and O–H groups in total.